The summed E-state index contributed by atoms with van der Waals surface area (Å²) in [4.78, 5) is 12.3. The molecule has 2 atom stereocenters. The van der Waals surface area contributed by atoms with Crippen molar-refractivity contribution in [1.82, 2.24) is 5.32 Å². The van der Waals surface area contributed by atoms with Gasteiger partial charge < -0.3 is 15.5 Å². The van der Waals surface area contributed by atoms with Crippen molar-refractivity contribution in [1.29, 1.82) is 0 Å². The molecular weight excluding hydrogens is 494 g/mol. The van der Waals surface area contributed by atoms with Crippen molar-refractivity contribution < 1.29 is 15.0 Å². The van der Waals surface area contributed by atoms with E-state index in [1.54, 1.807) is 0 Å². The maximum Gasteiger partial charge on any atom is 0.220 e. The van der Waals surface area contributed by atoms with Gasteiger partial charge in [-0.15, -0.1) is 0 Å². The Hall–Kier alpha value is -0.870. The number of aliphatic hydroxyl groups excluding tert-OH is 2. The first-order valence-corrected chi connectivity index (χ1v) is 17.9. The lowest BCUT2D eigenvalue weighted by Crippen LogP contribution is -2.45. The highest BCUT2D eigenvalue weighted by atomic mass is 16.3. The summed E-state index contributed by atoms with van der Waals surface area (Å²) in [5, 5.41) is 23.0. The van der Waals surface area contributed by atoms with Gasteiger partial charge in [0.15, 0.2) is 0 Å². The molecule has 0 radical (unpaired) electrons. The maximum absolute atomic E-state index is 12.3. The van der Waals surface area contributed by atoms with Crippen molar-refractivity contribution in [2.75, 3.05) is 6.61 Å². The van der Waals surface area contributed by atoms with E-state index < -0.39 is 12.1 Å². The molecule has 0 aromatic rings. The second kappa shape index (κ2) is 32.6. The molecule has 0 aromatic carbocycles. The van der Waals surface area contributed by atoms with Gasteiger partial charge in [0.1, 0.15) is 0 Å². The fraction of sp³-hybridized carbons (Fsp3) is 0.917. The molecule has 1 amide bonds. The molecule has 0 rings (SSSR count). The molecule has 0 saturated heterocycles. The Kier molecular flexibility index (Phi) is 31.9. The molecular formula is C36H71NO3. The fourth-order valence-electron chi connectivity index (χ4n) is 5.47. The highest BCUT2D eigenvalue weighted by Crippen LogP contribution is 2.15. The van der Waals surface area contributed by atoms with Crippen molar-refractivity contribution >= 4 is 5.91 Å². The third-order valence-electron chi connectivity index (χ3n) is 8.28. The first-order chi connectivity index (χ1) is 19.7. The minimum Gasteiger partial charge on any atom is -0.394 e. The van der Waals surface area contributed by atoms with Crippen molar-refractivity contribution in [2.24, 2.45) is 0 Å². The van der Waals surface area contributed by atoms with Gasteiger partial charge >= 0.3 is 0 Å². The van der Waals surface area contributed by atoms with Gasteiger partial charge in [-0.1, -0.05) is 161 Å². The second-order valence-electron chi connectivity index (χ2n) is 12.3. The van der Waals surface area contributed by atoms with Crippen LogP contribution >= 0.6 is 0 Å². The van der Waals surface area contributed by atoms with E-state index in [0.29, 0.717) is 12.8 Å². The summed E-state index contributed by atoms with van der Waals surface area (Å²) in [6.45, 7) is 4.33. The average molecular weight is 566 g/mol. The van der Waals surface area contributed by atoms with E-state index in [2.05, 4.69) is 31.3 Å². The first-order valence-electron chi connectivity index (χ1n) is 17.9. The van der Waals surface area contributed by atoms with Crippen LogP contribution in [-0.4, -0.2) is 34.9 Å². The van der Waals surface area contributed by atoms with Gasteiger partial charge in [-0.05, 0) is 38.5 Å². The summed E-state index contributed by atoms with van der Waals surface area (Å²) in [5.41, 5.74) is 0. The zero-order valence-electron chi connectivity index (χ0n) is 27.1. The van der Waals surface area contributed by atoms with Crippen LogP contribution in [-0.2, 0) is 4.79 Å². The monoisotopic (exact) mass is 566 g/mol. The summed E-state index contributed by atoms with van der Waals surface area (Å²) in [6.07, 6.45) is 38.3. The maximum atomic E-state index is 12.3. The minimum atomic E-state index is -0.655. The lowest BCUT2D eigenvalue weighted by atomic mass is 10.0. The van der Waals surface area contributed by atoms with Gasteiger partial charge in [0, 0.05) is 6.42 Å². The van der Waals surface area contributed by atoms with E-state index in [0.717, 1.165) is 25.7 Å². The third kappa shape index (κ3) is 28.7. The smallest absolute Gasteiger partial charge is 0.220 e. The zero-order valence-corrected chi connectivity index (χ0v) is 27.1. The van der Waals surface area contributed by atoms with Crippen LogP contribution in [0.5, 0.6) is 0 Å². The van der Waals surface area contributed by atoms with E-state index >= 15 is 0 Å². The normalized spacial score (nSPS) is 13.2. The summed E-state index contributed by atoms with van der Waals surface area (Å²) in [6, 6.07) is -0.532. The lowest BCUT2D eigenvalue weighted by Gasteiger charge is -2.22. The largest absolute Gasteiger partial charge is 0.394 e. The van der Waals surface area contributed by atoms with E-state index in [-0.39, 0.29) is 12.5 Å². The second-order valence-corrected chi connectivity index (χ2v) is 12.3. The van der Waals surface area contributed by atoms with E-state index in [4.69, 9.17) is 0 Å². The van der Waals surface area contributed by atoms with Gasteiger partial charge in [-0.25, -0.2) is 0 Å². The van der Waals surface area contributed by atoms with E-state index in [1.165, 1.54) is 141 Å². The molecule has 0 aromatic heterocycles. The summed E-state index contributed by atoms with van der Waals surface area (Å²) in [7, 11) is 0. The fourth-order valence-corrected chi connectivity index (χ4v) is 5.47. The van der Waals surface area contributed by atoms with Gasteiger partial charge in [0.05, 0.1) is 18.8 Å². The Morgan fingerprint density at radius 2 is 0.950 bits per heavy atom. The molecule has 0 spiro atoms. The molecule has 0 fully saturated rings. The Morgan fingerprint density at radius 1 is 0.575 bits per heavy atom. The minimum absolute atomic E-state index is 0.0371. The number of rotatable bonds is 32. The van der Waals surface area contributed by atoms with E-state index in [9.17, 15) is 15.0 Å². The molecule has 4 heteroatoms. The van der Waals surface area contributed by atoms with E-state index in [1.807, 2.05) is 0 Å². The number of aliphatic hydroxyl groups is 2. The molecule has 0 bridgehead atoms. The predicted molar refractivity (Wildman–Crippen MR) is 175 cm³/mol. The van der Waals surface area contributed by atoms with Gasteiger partial charge in [0.25, 0.3) is 0 Å². The number of hydrogen-bond donors (Lipinski definition) is 3. The number of unbranched alkanes of at least 4 members (excludes halogenated alkanes) is 23. The molecule has 0 heterocycles. The van der Waals surface area contributed by atoms with Crippen LogP contribution in [0, 0.1) is 0 Å². The molecule has 4 nitrogen and oxygen atoms in total. The Balaban J connectivity index is 3.56. The van der Waals surface area contributed by atoms with Crippen LogP contribution in [0.4, 0.5) is 0 Å². The molecule has 0 aliphatic rings. The standard InChI is InChI=1S/C36H71NO3/c1-3-5-7-9-11-13-15-17-18-20-22-24-26-28-30-32-36(40)37-34(33-38)35(39)31-29-27-25-23-21-19-16-14-12-10-8-6-4-2/h13,15,34-35,38-39H,3-12,14,16-33H2,1-2H3,(H,37,40)/t34-,35+/m0/s1. The molecule has 0 saturated carbocycles. The van der Waals surface area contributed by atoms with Crippen molar-refractivity contribution in [2.45, 2.75) is 206 Å². The van der Waals surface area contributed by atoms with Crippen molar-refractivity contribution in [3.63, 3.8) is 0 Å². The van der Waals surface area contributed by atoms with Crippen LogP contribution in [0.15, 0.2) is 12.2 Å². The quantitative estimate of drug-likeness (QED) is 0.0561. The topological polar surface area (TPSA) is 69.6 Å². The summed E-state index contributed by atoms with van der Waals surface area (Å²) >= 11 is 0. The number of amides is 1. The Morgan fingerprint density at radius 3 is 1.40 bits per heavy atom. The molecule has 0 aliphatic carbocycles. The number of nitrogens with one attached hydrogen (secondary N) is 1. The highest BCUT2D eigenvalue weighted by molar-refractivity contribution is 5.76. The first kappa shape index (κ1) is 39.1. The van der Waals surface area contributed by atoms with Gasteiger partial charge in [-0.3, -0.25) is 4.79 Å². The Labute approximate surface area is 250 Å². The number of carbonyl (C=O) groups excluding carboxylic acids is 1. The lowest BCUT2D eigenvalue weighted by molar-refractivity contribution is -0.123. The van der Waals surface area contributed by atoms with Gasteiger partial charge in [0.2, 0.25) is 5.91 Å². The van der Waals surface area contributed by atoms with Crippen LogP contribution in [0.25, 0.3) is 0 Å². The highest BCUT2D eigenvalue weighted by Gasteiger charge is 2.19. The van der Waals surface area contributed by atoms with Gasteiger partial charge in [-0.2, -0.15) is 0 Å². The molecule has 0 aliphatic heterocycles. The predicted octanol–water partition coefficient (Wildman–Crippen LogP) is 10.3. The van der Waals surface area contributed by atoms with Crippen LogP contribution in [0.2, 0.25) is 0 Å². The number of carbonyl (C=O) groups is 1. The molecule has 238 valence electrons. The van der Waals surface area contributed by atoms with Crippen LogP contribution < -0.4 is 5.32 Å². The van der Waals surface area contributed by atoms with Crippen molar-refractivity contribution in [3.8, 4) is 0 Å². The van der Waals surface area contributed by atoms with Crippen molar-refractivity contribution in [3.05, 3.63) is 12.2 Å². The molecule has 3 N–H and O–H groups in total. The zero-order chi connectivity index (χ0) is 29.4. The number of allylic oxidation sites excluding steroid dienone is 2. The van der Waals surface area contributed by atoms with Crippen LogP contribution in [0.3, 0.4) is 0 Å². The Bertz CT molecular complexity index is 536. The van der Waals surface area contributed by atoms with Crippen LogP contribution in [0.1, 0.15) is 194 Å². The molecule has 40 heavy (non-hydrogen) atoms. The number of hydrogen-bond acceptors (Lipinski definition) is 3. The molecule has 0 unspecified atom stereocenters. The average Bonchev–Trinajstić information content (AvgIpc) is 2.96. The third-order valence-corrected chi connectivity index (χ3v) is 8.28. The SMILES string of the molecule is CCCCCCC=CCCCCCCCCCC(=O)N[C@@H](CO)[C@H](O)CCCCCCCCCCCCCCC. The summed E-state index contributed by atoms with van der Waals surface area (Å²) < 4.78 is 0. The summed E-state index contributed by atoms with van der Waals surface area (Å²) in [5.74, 6) is -0.0371.